The molecule has 3 rings (SSSR count). The number of ether oxygens (including phenoxy) is 1. The summed E-state index contributed by atoms with van der Waals surface area (Å²) in [7, 11) is 0. The van der Waals surface area contributed by atoms with Crippen molar-refractivity contribution in [2.75, 3.05) is 13.2 Å². The lowest BCUT2D eigenvalue weighted by atomic mass is 10.1. The molecule has 1 aliphatic rings. The van der Waals surface area contributed by atoms with Crippen LogP contribution in [0.2, 0.25) is 0 Å². The molecule has 5 heteroatoms. The molecular formula is C17H24N4O. The molecule has 0 radical (unpaired) electrons. The van der Waals surface area contributed by atoms with E-state index < -0.39 is 0 Å². The summed E-state index contributed by atoms with van der Waals surface area (Å²) in [6, 6.07) is 6.38. The highest BCUT2D eigenvalue weighted by Crippen LogP contribution is 2.25. The topological polar surface area (TPSA) is 43.2 Å². The monoisotopic (exact) mass is 300 g/mol. The molecule has 5 nitrogen and oxygen atoms in total. The molecule has 0 atom stereocenters. The Labute approximate surface area is 131 Å². The predicted octanol–water partition coefficient (Wildman–Crippen LogP) is 2.74. The van der Waals surface area contributed by atoms with Crippen LogP contribution in [0.3, 0.4) is 0 Å². The number of nitrogens with zero attached hydrogens (tertiary/aromatic N) is 4. The quantitative estimate of drug-likeness (QED) is 0.855. The summed E-state index contributed by atoms with van der Waals surface area (Å²) in [5.74, 6) is 1.01. The van der Waals surface area contributed by atoms with E-state index in [2.05, 4.69) is 61.1 Å². The summed E-state index contributed by atoms with van der Waals surface area (Å²) < 4.78 is 7.77. The van der Waals surface area contributed by atoms with Gasteiger partial charge in [-0.25, -0.2) is 4.68 Å². The van der Waals surface area contributed by atoms with Gasteiger partial charge in [-0.1, -0.05) is 22.9 Å². The zero-order valence-electron chi connectivity index (χ0n) is 13.8. The Bertz CT molecular complexity index is 657. The van der Waals surface area contributed by atoms with Gasteiger partial charge >= 0.3 is 0 Å². The SMILES string of the molecule is Cc1ccc2c(c1)CN(Cc1cn(C(C)(C)C)nn1)CCO2. The molecule has 0 amide bonds. The molecule has 2 heterocycles. The van der Waals surface area contributed by atoms with Crippen LogP contribution in [0.5, 0.6) is 5.75 Å². The van der Waals surface area contributed by atoms with E-state index in [1.165, 1.54) is 11.1 Å². The van der Waals surface area contributed by atoms with Gasteiger partial charge in [-0.15, -0.1) is 5.10 Å². The van der Waals surface area contributed by atoms with Crippen molar-refractivity contribution in [1.29, 1.82) is 0 Å². The maximum absolute atomic E-state index is 5.85. The molecule has 0 aliphatic carbocycles. The average Bonchev–Trinajstić information content (AvgIpc) is 2.81. The smallest absolute Gasteiger partial charge is 0.123 e. The lowest BCUT2D eigenvalue weighted by Gasteiger charge is -2.19. The molecule has 0 saturated heterocycles. The van der Waals surface area contributed by atoms with E-state index in [-0.39, 0.29) is 5.54 Å². The van der Waals surface area contributed by atoms with Gasteiger partial charge in [0.2, 0.25) is 0 Å². The third-order valence-corrected chi connectivity index (χ3v) is 3.89. The average molecular weight is 300 g/mol. The van der Waals surface area contributed by atoms with E-state index >= 15 is 0 Å². The summed E-state index contributed by atoms with van der Waals surface area (Å²) in [5.41, 5.74) is 3.49. The third-order valence-electron chi connectivity index (χ3n) is 3.89. The third kappa shape index (κ3) is 3.30. The van der Waals surface area contributed by atoms with E-state index in [0.29, 0.717) is 6.61 Å². The second kappa shape index (κ2) is 5.72. The van der Waals surface area contributed by atoms with E-state index in [0.717, 1.165) is 31.1 Å². The highest BCUT2D eigenvalue weighted by molar-refractivity contribution is 5.37. The first-order chi connectivity index (χ1) is 10.4. The van der Waals surface area contributed by atoms with Crippen molar-refractivity contribution in [3.8, 4) is 5.75 Å². The first kappa shape index (κ1) is 15.0. The molecule has 0 bridgehead atoms. The Morgan fingerprint density at radius 2 is 2.09 bits per heavy atom. The van der Waals surface area contributed by atoms with Crippen LogP contribution in [0.1, 0.15) is 37.6 Å². The van der Waals surface area contributed by atoms with Crippen LogP contribution >= 0.6 is 0 Å². The van der Waals surface area contributed by atoms with Gasteiger partial charge in [0.25, 0.3) is 0 Å². The van der Waals surface area contributed by atoms with Crippen molar-refractivity contribution in [2.45, 2.75) is 46.3 Å². The maximum atomic E-state index is 5.85. The molecule has 0 fully saturated rings. The molecule has 0 unspecified atom stereocenters. The first-order valence-corrected chi connectivity index (χ1v) is 7.78. The van der Waals surface area contributed by atoms with Gasteiger partial charge in [-0.2, -0.15) is 0 Å². The second-order valence-electron chi connectivity index (χ2n) is 7.00. The van der Waals surface area contributed by atoms with Crippen molar-refractivity contribution >= 4 is 0 Å². The van der Waals surface area contributed by atoms with Gasteiger partial charge in [0.15, 0.2) is 0 Å². The van der Waals surface area contributed by atoms with E-state index in [1.54, 1.807) is 0 Å². The Morgan fingerprint density at radius 3 is 2.82 bits per heavy atom. The van der Waals surface area contributed by atoms with Crippen LogP contribution in [0, 0.1) is 6.92 Å². The van der Waals surface area contributed by atoms with Crippen molar-refractivity contribution in [3.63, 3.8) is 0 Å². The standard InChI is InChI=1S/C17H24N4O/c1-13-5-6-16-14(9-13)10-20(7-8-22-16)11-15-12-21(19-18-15)17(2,3)4/h5-6,9,12H,7-8,10-11H2,1-4H3. The first-order valence-electron chi connectivity index (χ1n) is 7.78. The fourth-order valence-electron chi connectivity index (χ4n) is 2.64. The minimum atomic E-state index is -0.0309. The van der Waals surface area contributed by atoms with Gasteiger partial charge in [-0.3, -0.25) is 4.90 Å². The zero-order valence-corrected chi connectivity index (χ0v) is 13.8. The summed E-state index contributed by atoms with van der Waals surface area (Å²) >= 11 is 0. The van der Waals surface area contributed by atoms with Crippen molar-refractivity contribution < 1.29 is 4.74 Å². The number of hydrogen-bond acceptors (Lipinski definition) is 4. The van der Waals surface area contributed by atoms with Gasteiger partial charge in [0.05, 0.1) is 17.4 Å². The molecule has 0 spiro atoms. The van der Waals surface area contributed by atoms with Gasteiger partial charge < -0.3 is 4.74 Å². The van der Waals surface area contributed by atoms with Gasteiger partial charge in [-0.05, 0) is 33.8 Å². The van der Waals surface area contributed by atoms with Crippen molar-refractivity contribution in [1.82, 2.24) is 19.9 Å². The maximum Gasteiger partial charge on any atom is 0.123 e. The molecule has 0 N–H and O–H groups in total. The van der Waals surface area contributed by atoms with E-state index in [4.69, 9.17) is 4.74 Å². The number of hydrogen-bond donors (Lipinski definition) is 0. The number of aryl methyl sites for hydroxylation is 1. The fourth-order valence-corrected chi connectivity index (χ4v) is 2.64. The zero-order chi connectivity index (χ0) is 15.7. The Hall–Kier alpha value is -1.88. The molecule has 118 valence electrons. The Balaban J connectivity index is 1.74. The molecule has 1 aromatic carbocycles. The fraction of sp³-hybridized carbons (Fsp3) is 0.529. The van der Waals surface area contributed by atoms with Crippen LogP contribution < -0.4 is 4.74 Å². The highest BCUT2D eigenvalue weighted by atomic mass is 16.5. The second-order valence-corrected chi connectivity index (χ2v) is 7.00. The minimum absolute atomic E-state index is 0.0309. The minimum Gasteiger partial charge on any atom is -0.492 e. The summed E-state index contributed by atoms with van der Waals surface area (Å²) in [6.07, 6.45) is 2.04. The normalized spacial score (nSPS) is 16.0. The largest absolute Gasteiger partial charge is 0.492 e. The molecule has 2 aromatic rings. The lowest BCUT2D eigenvalue weighted by molar-refractivity contribution is 0.217. The number of rotatable bonds is 2. The van der Waals surface area contributed by atoms with Crippen LogP contribution in [-0.4, -0.2) is 33.0 Å². The number of aromatic nitrogens is 3. The number of fused-ring (bicyclic) bond motifs is 1. The lowest BCUT2D eigenvalue weighted by Crippen LogP contribution is -2.25. The van der Waals surface area contributed by atoms with Gasteiger partial charge in [0.1, 0.15) is 12.4 Å². The van der Waals surface area contributed by atoms with Crippen LogP contribution in [0.25, 0.3) is 0 Å². The van der Waals surface area contributed by atoms with Gasteiger partial charge in [0, 0.05) is 25.2 Å². The van der Waals surface area contributed by atoms with Crippen LogP contribution in [-0.2, 0) is 18.6 Å². The van der Waals surface area contributed by atoms with Crippen LogP contribution in [0.4, 0.5) is 0 Å². The Kier molecular flexibility index (Phi) is 3.91. The number of benzene rings is 1. The van der Waals surface area contributed by atoms with Crippen molar-refractivity contribution in [3.05, 3.63) is 41.2 Å². The summed E-state index contributed by atoms with van der Waals surface area (Å²) in [4.78, 5) is 2.36. The predicted molar refractivity (Wildman–Crippen MR) is 85.8 cm³/mol. The summed E-state index contributed by atoms with van der Waals surface area (Å²) in [5, 5.41) is 8.55. The molecule has 22 heavy (non-hydrogen) atoms. The van der Waals surface area contributed by atoms with Crippen LogP contribution in [0.15, 0.2) is 24.4 Å². The molecular weight excluding hydrogens is 276 g/mol. The molecule has 1 aliphatic heterocycles. The Morgan fingerprint density at radius 1 is 1.27 bits per heavy atom. The van der Waals surface area contributed by atoms with E-state index in [1.807, 2.05) is 10.9 Å². The van der Waals surface area contributed by atoms with E-state index in [9.17, 15) is 0 Å². The molecule has 1 aromatic heterocycles. The van der Waals surface area contributed by atoms with Crippen molar-refractivity contribution in [2.24, 2.45) is 0 Å². The molecule has 0 saturated carbocycles. The summed E-state index contributed by atoms with van der Waals surface area (Å²) in [6.45, 7) is 11.8. The highest BCUT2D eigenvalue weighted by Gasteiger charge is 2.19.